The van der Waals surface area contributed by atoms with Crippen molar-refractivity contribution in [3.63, 3.8) is 0 Å². The third-order valence-electron chi connectivity index (χ3n) is 2.86. The highest BCUT2D eigenvalue weighted by Crippen LogP contribution is 2.13. The Morgan fingerprint density at radius 3 is 2.41 bits per heavy atom. The lowest BCUT2D eigenvalue weighted by Gasteiger charge is -2.06. The minimum Gasteiger partial charge on any atom is -0.330 e. The zero-order valence-electron chi connectivity index (χ0n) is 10.5. The summed E-state index contributed by atoms with van der Waals surface area (Å²) in [5, 5.41) is 4.47. The molecule has 0 saturated carbocycles. The van der Waals surface area contributed by atoms with Crippen LogP contribution in [0.2, 0.25) is 0 Å². The van der Waals surface area contributed by atoms with Crippen LogP contribution < -0.4 is 5.73 Å². The zero-order chi connectivity index (χ0) is 12.3. The van der Waals surface area contributed by atoms with Crippen LogP contribution in [-0.2, 0) is 6.42 Å². The molecule has 1 aromatic heterocycles. The van der Waals surface area contributed by atoms with E-state index >= 15 is 0 Å². The van der Waals surface area contributed by atoms with Crippen molar-refractivity contribution in [3.05, 3.63) is 47.3 Å². The molecule has 0 atom stereocenters. The fourth-order valence-electron chi connectivity index (χ4n) is 2.00. The van der Waals surface area contributed by atoms with Crippen molar-refractivity contribution in [2.24, 2.45) is 5.73 Å². The standard InChI is InChI=1S/C14H19N3/c1-11-10-12(2)17(16-11)14-7-5-13(6-8-14)4-3-9-15/h5-8,10H,3-4,9,15H2,1-2H3. The van der Waals surface area contributed by atoms with Crippen LogP contribution in [0.4, 0.5) is 0 Å². The van der Waals surface area contributed by atoms with Gasteiger partial charge in [-0.3, -0.25) is 0 Å². The van der Waals surface area contributed by atoms with E-state index in [1.165, 1.54) is 5.56 Å². The minimum atomic E-state index is 0.749. The molecule has 3 nitrogen and oxygen atoms in total. The first-order chi connectivity index (χ1) is 8.20. The van der Waals surface area contributed by atoms with E-state index in [1.807, 2.05) is 11.6 Å². The molecule has 90 valence electrons. The molecule has 0 radical (unpaired) electrons. The van der Waals surface area contributed by atoms with Crippen LogP contribution in [0, 0.1) is 13.8 Å². The van der Waals surface area contributed by atoms with E-state index in [2.05, 4.69) is 42.4 Å². The molecule has 2 aromatic rings. The van der Waals surface area contributed by atoms with Crippen molar-refractivity contribution in [3.8, 4) is 5.69 Å². The molecular weight excluding hydrogens is 210 g/mol. The molecule has 0 aliphatic carbocycles. The highest BCUT2D eigenvalue weighted by Gasteiger charge is 2.03. The molecule has 0 bridgehead atoms. The second-order valence-corrected chi connectivity index (χ2v) is 4.40. The Hall–Kier alpha value is -1.61. The maximum atomic E-state index is 5.51. The van der Waals surface area contributed by atoms with Crippen molar-refractivity contribution < 1.29 is 0 Å². The summed E-state index contributed by atoms with van der Waals surface area (Å²) in [6.07, 6.45) is 2.09. The molecule has 0 amide bonds. The normalized spacial score (nSPS) is 10.8. The molecule has 0 saturated heterocycles. The number of nitrogens with zero attached hydrogens (tertiary/aromatic N) is 2. The summed E-state index contributed by atoms with van der Waals surface area (Å²) >= 11 is 0. The number of hydrogen-bond donors (Lipinski definition) is 1. The van der Waals surface area contributed by atoms with Gasteiger partial charge in [0, 0.05) is 5.69 Å². The minimum absolute atomic E-state index is 0.749. The first-order valence-corrected chi connectivity index (χ1v) is 6.03. The molecule has 0 aliphatic rings. The van der Waals surface area contributed by atoms with E-state index in [0.29, 0.717) is 0 Å². The van der Waals surface area contributed by atoms with Crippen LogP contribution >= 0.6 is 0 Å². The van der Waals surface area contributed by atoms with Gasteiger partial charge in [0.15, 0.2) is 0 Å². The van der Waals surface area contributed by atoms with Gasteiger partial charge in [0.2, 0.25) is 0 Å². The Morgan fingerprint density at radius 2 is 1.88 bits per heavy atom. The molecule has 2 rings (SSSR count). The van der Waals surface area contributed by atoms with Crippen LogP contribution in [0.25, 0.3) is 5.69 Å². The fourth-order valence-corrected chi connectivity index (χ4v) is 2.00. The van der Waals surface area contributed by atoms with Gasteiger partial charge in [-0.2, -0.15) is 5.10 Å². The number of aromatic nitrogens is 2. The molecular formula is C14H19N3. The third-order valence-corrected chi connectivity index (χ3v) is 2.86. The Bertz CT molecular complexity index is 483. The lowest BCUT2D eigenvalue weighted by atomic mass is 10.1. The second-order valence-electron chi connectivity index (χ2n) is 4.40. The Labute approximate surface area is 102 Å². The number of aryl methyl sites for hydroxylation is 3. The molecule has 1 aromatic carbocycles. The molecule has 0 unspecified atom stereocenters. The lowest BCUT2D eigenvalue weighted by molar-refractivity contribution is 0.821. The molecule has 0 fully saturated rings. The lowest BCUT2D eigenvalue weighted by Crippen LogP contribution is -2.01. The van der Waals surface area contributed by atoms with E-state index in [0.717, 1.165) is 36.5 Å². The molecule has 0 aliphatic heterocycles. The molecule has 0 spiro atoms. The van der Waals surface area contributed by atoms with E-state index in [4.69, 9.17) is 5.73 Å². The van der Waals surface area contributed by atoms with E-state index in [-0.39, 0.29) is 0 Å². The Morgan fingerprint density at radius 1 is 1.18 bits per heavy atom. The molecule has 17 heavy (non-hydrogen) atoms. The van der Waals surface area contributed by atoms with Crippen molar-refractivity contribution in [1.29, 1.82) is 0 Å². The monoisotopic (exact) mass is 229 g/mol. The number of rotatable bonds is 4. The van der Waals surface area contributed by atoms with Gasteiger partial charge in [-0.1, -0.05) is 12.1 Å². The average molecular weight is 229 g/mol. The predicted octanol–water partition coefficient (Wildman–Crippen LogP) is 2.38. The molecule has 3 heteroatoms. The van der Waals surface area contributed by atoms with Crippen LogP contribution in [0.1, 0.15) is 23.4 Å². The fraction of sp³-hybridized carbons (Fsp3) is 0.357. The zero-order valence-corrected chi connectivity index (χ0v) is 10.5. The predicted molar refractivity (Wildman–Crippen MR) is 70.4 cm³/mol. The van der Waals surface area contributed by atoms with Gasteiger partial charge in [0.05, 0.1) is 11.4 Å². The topological polar surface area (TPSA) is 43.8 Å². The highest BCUT2D eigenvalue weighted by atomic mass is 15.3. The Balaban J connectivity index is 2.20. The van der Waals surface area contributed by atoms with Crippen LogP contribution in [0.15, 0.2) is 30.3 Å². The first kappa shape index (κ1) is 11.9. The summed E-state index contributed by atoms with van der Waals surface area (Å²) in [6.45, 7) is 4.83. The smallest absolute Gasteiger partial charge is 0.0648 e. The highest BCUT2D eigenvalue weighted by molar-refractivity contribution is 5.36. The third kappa shape index (κ3) is 2.74. The first-order valence-electron chi connectivity index (χ1n) is 6.03. The van der Waals surface area contributed by atoms with Gasteiger partial charge in [-0.05, 0) is 57.0 Å². The van der Waals surface area contributed by atoms with Gasteiger partial charge in [0.25, 0.3) is 0 Å². The number of benzene rings is 1. The second kappa shape index (κ2) is 5.15. The van der Waals surface area contributed by atoms with Crippen molar-refractivity contribution >= 4 is 0 Å². The SMILES string of the molecule is Cc1cc(C)n(-c2ccc(CCCN)cc2)n1. The summed E-state index contributed by atoms with van der Waals surface area (Å²) in [6, 6.07) is 10.6. The largest absolute Gasteiger partial charge is 0.330 e. The summed E-state index contributed by atoms with van der Waals surface area (Å²) in [5.74, 6) is 0. The van der Waals surface area contributed by atoms with E-state index in [1.54, 1.807) is 0 Å². The van der Waals surface area contributed by atoms with E-state index in [9.17, 15) is 0 Å². The summed E-state index contributed by atoms with van der Waals surface area (Å²) in [7, 11) is 0. The Kier molecular flexibility index (Phi) is 3.59. The van der Waals surface area contributed by atoms with Gasteiger partial charge < -0.3 is 5.73 Å². The van der Waals surface area contributed by atoms with Gasteiger partial charge in [0.1, 0.15) is 0 Å². The quantitative estimate of drug-likeness (QED) is 0.874. The molecule has 2 N–H and O–H groups in total. The summed E-state index contributed by atoms with van der Waals surface area (Å²) in [5.41, 5.74) is 10.2. The molecule has 1 heterocycles. The summed E-state index contributed by atoms with van der Waals surface area (Å²) < 4.78 is 1.97. The maximum absolute atomic E-state index is 5.51. The van der Waals surface area contributed by atoms with Crippen LogP contribution in [0.3, 0.4) is 0 Å². The van der Waals surface area contributed by atoms with Gasteiger partial charge >= 0.3 is 0 Å². The van der Waals surface area contributed by atoms with E-state index < -0.39 is 0 Å². The van der Waals surface area contributed by atoms with Gasteiger partial charge in [-0.15, -0.1) is 0 Å². The average Bonchev–Trinajstić information content (AvgIpc) is 2.66. The van der Waals surface area contributed by atoms with Gasteiger partial charge in [-0.25, -0.2) is 4.68 Å². The maximum Gasteiger partial charge on any atom is 0.0648 e. The van der Waals surface area contributed by atoms with Crippen LogP contribution in [0.5, 0.6) is 0 Å². The van der Waals surface area contributed by atoms with Crippen molar-refractivity contribution in [2.75, 3.05) is 6.54 Å². The van der Waals surface area contributed by atoms with Crippen LogP contribution in [-0.4, -0.2) is 16.3 Å². The number of hydrogen-bond acceptors (Lipinski definition) is 2. The number of nitrogens with two attached hydrogens (primary N) is 1. The van der Waals surface area contributed by atoms with Crippen molar-refractivity contribution in [1.82, 2.24) is 9.78 Å². The van der Waals surface area contributed by atoms with Crippen molar-refractivity contribution in [2.45, 2.75) is 26.7 Å². The summed E-state index contributed by atoms with van der Waals surface area (Å²) in [4.78, 5) is 0.